The predicted molar refractivity (Wildman–Crippen MR) is 81.1 cm³/mol. The van der Waals surface area contributed by atoms with Crippen LogP contribution in [0.3, 0.4) is 0 Å². The normalized spacial score (nSPS) is 12.5. The highest BCUT2D eigenvalue weighted by Crippen LogP contribution is 2.34. The maximum Gasteiger partial charge on any atom is 0.160 e. The summed E-state index contributed by atoms with van der Waals surface area (Å²) < 4.78 is 27.5. The minimum absolute atomic E-state index is 0.191. The molecule has 106 valence electrons. The molecular formula is C15H13BrClF2N. The lowest BCUT2D eigenvalue weighted by Crippen LogP contribution is -2.19. The van der Waals surface area contributed by atoms with E-state index in [1.165, 1.54) is 0 Å². The van der Waals surface area contributed by atoms with Gasteiger partial charge in [-0.15, -0.1) is 0 Å². The van der Waals surface area contributed by atoms with E-state index in [4.69, 9.17) is 11.6 Å². The first-order valence-corrected chi connectivity index (χ1v) is 7.19. The van der Waals surface area contributed by atoms with Gasteiger partial charge in [0.2, 0.25) is 0 Å². The Balaban J connectivity index is 2.58. The van der Waals surface area contributed by atoms with Gasteiger partial charge in [0.05, 0.1) is 6.04 Å². The fourth-order valence-corrected chi connectivity index (χ4v) is 2.86. The summed E-state index contributed by atoms with van der Waals surface area (Å²) in [6, 6.07) is 7.67. The van der Waals surface area contributed by atoms with Crippen molar-refractivity contribution < 1.29 is 8.78 Å². The Morgan fingerprint density at radius 2 is 1.75 bits per heavy atom. The van der Waals surface area contributed by atoms with Crippen molar-refractivity contribution in [3.8, 4) is 0 Å². The standard InChI is InChI=1S/C15H13BrClF2N/c1-8-3-4-11(16)9(5-8)15(20-2)10-6-13(18)14(19)7-12(10)17/h3-7,15,20H,1-2H3. The quantitative estimate of drug-likeness (QED) is 0.760. The smallest absolute Gasteiger partial charge is 0.160 e. The first-order valence-electron chi connectivity index (χ1n) is 6.01. The summed E-state index contributed by atoms with van der Waals surface area (Å²) in [6.07, 6.45) is 0. The summed E-state index contributed by atoms with van der Waals surface area (Å²) in [5.74, 6) is -1.86. The molecule has 2 aromatic rings. The van der Waals surface area contributed by atoms with Crippen LogP contribution in [0.2, 0.25) is 5.02 Å². The van der Waals surface area contributed by atoms with E-state index in [1.807, 2.05) is 25.1 Å². The molecule has 20 heavy (non-hydrogen) atoms. The Bertz CT molecular complexity index is 646. The number of nitrogens with one attached hydrogen (secondary N) is 1. The largest absolute Gasteiger partial charge is 0.309 e. The molecular weight excluding hydrogens is 348 g/mol. The average Bonchev–Trinajstić information content (AvgIpc) is 2.40. The molecule has 0 saturated heterocycles. The zero-order chi connectivity index (χ0) is 14.9. The van der Waals surface area contributed by atoms with Crippen molar-refractivity contribution in [1.82, 2.24) is 5.32 Å². The van der Waals surface area contributed by atoms with Gasteiger partial charge in [0.25, 0.3) is 0 Å². The molecule has 0 spiro atoms. The fourth-order valence-electron chi connectivity index (χ4n) is 2.12. The molecule has 1 unspecified atom stereocenters. The summed E-state index contributed by atoms with van der Waals surface area (Å²) in [5.41, 5.74) is 2.49. The van der Waals surface area contributed by atoms with Crippen LogP contribution in [-0.2, 0) is 0 Å². The fraction of sp³-hybridized carbons (Fsp3) is 0.200. The topological polar surface area (TPSA) is 12.0 Å². The van der Waals surface area contributed by atoms with E-state index in [1.54, 1.807) is 7.05 Å². The van der Waals surface area contributed by atoms with E-state index < -0.39 is 11.6 Å². The zero-order valence-corrected chi connectivity index (χ0v) is 13.3. The van der Waals surface area contributed by atoms with Gasteiger partial charge in [0.1, 0.15) is 0 Å². The number of aryl methyl sites for hydroxylation is 1. The summed E-state index contributed by atoms with van der Waals surface area (Å²) >= 11 is 9.53. The third-order valence-corrected chi connectivity index (χ3v) is 4.15. The van der Waals surface area contributed by atoms with Crippen LogP contribution < -0.4 is 5.32 Å². The Hall–Kier alpha value is -0.970. The van der Waals surface area contributed by atoms with Crippen LogP contribution in [0.4, 0.5) is 8.78 Å². The van der Waals surface area contributed by atoms with Gasteiger partial charge in [-0.1, -0.05) is 45.2 Å². The molecule has 0 aliphatic carbocycles. The molecule has 0 aliphatic rings. The summed E-state index contributed by atoms with van der Waals surface area (Å²) in [6.45, 7) is 1.97. The molecule has 0 bridgehead atoms. The number of hydrogen-bond donors (Lipinski definition) is 1. The Kier molecular flexibility index (Phi) is 4.78. The Morgan fingerprint density at radius 3 is 2.40 bits per heavy atom. The highest BCUT2D eigenvalue weighted by Gasteiger charge is 2.20. The van der Waals surface area contributed by atoms with Crippen molar-refractivity contribution >= 4 is 27.5 Å². The van der Waals surface area contributed by atoms with Crippen molar-refractivity contribution in [3.05, 3.63) is 68.2 Å². The van der Waals surface area contributed by atoms with Gasteiger partial charge in [0, 0.05) is 9.50 Å². The molecule has 0 aliphatic heterocycles. The molecule has 0 aromatic heterocycles. The summed E-state index contributed by atoms with van der Waals surface area (Å²) in [7, 11) is 1.75. The molecule has 0 radical (unpaired) electrons. The average molecular weight is 361 g/mol. The van der Waals surface area contributed by atoms with E-state index in [0.29, 0.717) is 5.56 Å². The van der Waals surface area contributed by atoms with Gasteiger partial charge < -0.3 is 5.32 Å². The molecule has 0 heterocycles. The lowest BCUT2D eigenvalue weighted by molar-refractivity contribution is 0.505. The van der Waals surface area contributed by atoms with Gasteiger partial charge in [-0.25, -0.2) is 8.78 Å². The zero-order valence-electron chi connectivity index (χ0n) is 11.0. The first kappa shape index (κ1) is 15.4. The van der Waals surface area contributed by atoms with Gasteiger partial charge in [-0.2, -0.15) is 0 Å². The minimum Gasteiger partial charge on any atom is -0.309 e. The van der Waals surface area contributed by atoms with Crippen molar-refractivity contribution in [3.63, 3.8) is 0 Å². The van der Waals surface area contributed by atoms with E-state index in [9.17, 15) is 8.78 Å². The second-order valence-corrected chi connectivity index (χ2v) is 5.80. The van der Waals surface area contributed by atoms with Crippen LogP contribution in [0.15, 0.2) is 34.8 Å². The molecule has 0 saturated carbocycles. The van der Waals surface area contributed by atoms with Crippen molar-refractivity contribution in [2.24, 2.45) is 0 Å². The monoisotopic (exact) mass is 359 g/mol. The lowest BCUT2D eigenvalue weighted by atomic mass is 9.97. The third kappa shape index (κ3) is 3.03. The van der Waals surface area contributed by atoms with Crippen LogP contribution in [0.25, 0.3) is 0 Å². The van der Waals surface area contributed by atoms with Gasteiger partial charge in [0.15, 0.2) is 11.6 Å². The van der Waals surface area contributed by atoms with Gasteiger partial charge in [-0.3, -0.25) is 0 Å². The summed E-state index contributed by atoms with van der Waals surface area (Å²) in [4.78, 5) is 0. The van der Waals surface area contributed by atoms with Crippen molar-refractivity contribution in [2.45, 2.75) is 13.0 Å². The molecule has 1 N–H and O–H groups in total. The number of hydrogen-bond acceptors (Lipinski definition) is 1. The number of halogens is 4. The highest BCUT2D eigenvalue weighted by atomic mass is 79.9. The second-order valence-electron chi connectivity index (χ2n) is 4.53. The van der Waals surface area contributed by atoms with Crippen LogP contribution in [0, 0.1) is 18.6 Å². The highest BCUT2D eigenvalue weighted by molar-refractivity contribution is 9.10. The predicted octanol–water partition coefficient (Wildman–Crippen LogP) is 5.00. The summed E-state index contributed by atoms with van der Waals surface area (Å²) in [5, 5.41) is 3.28. The van der Waals surface area contributed by atoms with Gasteiger partial charge in [-0.05, 0) is 43.3 Å². The molecule has 0 amide bonds. The Morgan fingerprint density at radius 1 is 1.10 bits per heavy atom. The first-order chi connectivity index (χ1) is 9.43. The molecule has 2 aromatic carbocycles. The molecule has 2 rings (SSSR count). The SMILES string of the molecule is CNC(c1cc(F)c(F)cc1Cl)c1cc(C)ccc1Br. The maximum absolute atomic E-state index is 13.5. The lowest BCUT2D eigenvalue weighted by Gasteiger charge is -2.20. The van der Waals surface area contributed by atoms with Crippen LogP contribution in [0.5, 0.6) is 0 Å². The van der Waals surface area contributed by atoms with Crippen LogP contribution in [-0.4, -0.2) is 7.05 Å². The number of rotatable bonds is 3. The van der Waals surface area contributed by atoms with E-state index in [2.05, 4.69) is 21.2 Å². The molecule has 1 nitrogen and oxygen atoms in total. The molecule has 1 atom stereocenters. The van der Waals surface area contributed by atoms with Crippen LogP contribution in [0.1, 0.15) is 22.7 Å². The van der Waals surface area contributed by atoms with Crippen molar-refractivity contribution in [1.29, 1.82) is 0 Å². The third-order valence-electron chi connectivity index (χ3n) is 3.10. The molecule has 5 heteroatoms. The second kappa shape index (κ2) is 6.20. The Labute approximate surface area is 130 Å². The van der Waals surface area contributed by atoms with Crippen molar-refractivity contribution in [2.75, 3.05) is 7.05 Å². The number of benzene rings is 2. The van der Waals surface area contributed by atoms with Gasteiger partial charge >= 0.3 is 0 Å². The van der Waals surface area contributed by atoms with E-state index in [-0.39, 0.29) is 11.1 Å². The van der Waals surface area contributed by atoms with E-state index in [0.717, 1.165) is 27.7 Å². The molecule has 0 fully saturated rings. The van der Waals surface area contributed by atoms with E-state index >= 15 is 0 Å². The maximum atomic E-state index is 13.5. The van der Waals surface area contributed by atoms with Crippen LogP contribution >= 0.6 is 27.5 Å². The minimum atomic E-state index is -0.947.